The van der Waals surface area contributed by atoms with Crippen LogP contribution in [0.3, 0.4) is 0 Å². The van der Waals surface area contributed by atoms with E-state index in [1.54, 1.807) is 23.2 Å². The van der Waals surface area contributed by atoms with Crippen molar-refractivity contribution in [1.29, 1.82) is 0 Å². The second kappa shape index (κ2) is 8.49. The average Bonchev–Trinajstić information content (AvgIpc) is 3.03. The number of nitrogens with zero attached hydrogens (tertiary/aromatic N) is 4. The number of carbonyl (C=O) groups is 1. The Hall–Kier alpha value is -1.84. The summed E-state index contributed by atoms with van der Waals surface area (Å²) in [5, 5.41) is 0. The predicted octanol–water partition coefficient (Wildman–Crippen LogP) is 3.25. The monoisotopic (exact) mass is 446 g/mol. The molecule has 1 atom stereocenters. The first-order valence-corrected chi connectivity index (χ1v) is 12.0. The second-order valence-electron chi connectivity index (χ2n) is 6.99. The van der Waals surface area contributed by atoms with Crippen molar-refractivity contribution in [2.24, 2.45) is 0 Å². The predicted molar refractivity (Wildman–Crippen MR) is 126 cm³/mol. The largest absolute Gasteiger partial charge is 0.354 e. The topological polar surface area (TPSA) is 57.9 Å². The third kappa shape index (κ3) is 3.83. The maximum absolute atomic E-state index is 13.3. The Morgan fingerprint density at radius 3 is 2.76 bits per heavy atom. The van der Waals surface area contributed by atoms with Crippen LogP contribution in [0.5, 0.6) is 0 Å². The van der Waals surface area contributed by atoms with Crippen LogP contribution in [0.25, 0.3) is 11.7 Å². The van der Waals surface area contributed by atoms with Crippen LogP contribution < -0.4 is 10.5 Å². The summed E-state index contributed by atoms with van der Waals surface area (Å²) in [7, 11) is 0. The zero-order chi connectivity index (χ0) is 20.5. The van der Waals surface area contributed by atoms with Gasteiger partial charge < -0.3 is 4.90 Å². The quantitative estimate of drug-likeness (QED) is 0.528. The molecule has 2 saturated heterocycles. The summed E-state index contributed by atoms with van der Waals surface area (Å²) < 4.78 is 2.07. The molecule has 2 aromatic heterocycles. The molecule has 6 nitrogen and oxygen atoms in total. The second-order valence-corrected chi connectivity index (χ2v) is 9.89. The van der Waals surface area contributed by atoms with Crippen LogP contribution in [0.4, 0.5) is 5.82 Å². The van der Waals surface area contributed by atoms with E-state index in [2.05, 4.69) is 4.90 Å². The van der Waals surface area contributed by atoms with E-state index in [0.29, 0.717) is 26.3 Å². The molecule has 9 heteroatoms. The Balaban J connectivity index is 1.85. The summed E-state index contributed by atoms with van der Waals surface area (Å²) >= 11 is 8.59. The van der Waals surface area contributed by atoms with Gasteiger partial charge in [0.1, 0.15) is 15.8 Å². The molecule has 0 spiro atoms. The highest BCUT2D eigenvalue weighted by Gasteiger charge is 2.35. The first kappa shape index (κ1) is 20.4. The smallest absolute Gasteiger partial charge is 0.267 e. The van der Waals surface area contributed by atoms with Crippen molar-refractivity contribution in [3.63, 3.8) is 0 Å². The van der Waals surface area contributed by atoms with Gasteiger partial charge in [-0.15, -0.1) is 0 Å². The molecule has 4 rings (SSSR count). The van der Waals surface area contributed by atoms with Gasteiger partial charge in [-0.25, -0.2) is 4.98 Å². The first-order chi connectivity index (χ1) is 14.0. The summed E-state index contributed by atoms with van der Waals surface area (Å²) in [5.41, 5.74) is 0.887. The number of rotatable bonds is 4. The maximum atomic E-state index is 13.3. The summed E-state index contributed by atoms with van der Waals surface area (Å²) in [6.07, 6.45) is 4.21. The number of aromatic nitrogens is 2. The highest BCUT2D eigenvalue weighted by atomic mass is 32.2. The van der Waals surface area contributed by atoms with E-state index in [4.69, 9.17) is 17.2 Å². The molecule has 0 aliphatic carbocycles. The van der Waals surface area contributed by atoms with Gasteiger partial charge in [-0.2, -0.15) is 11.8 Å². The molecule has 152 valence electrons. The summed E-state index contributed by atoms with van der Waals surface area (Å²) in [5.74, 6) is 2.50. The maximum Gasteiger partial charge on any atom is 0.267 e. The molecule has 1 amide bonds. The lowest BCUT2D eigenvalue weighted by Crippen LogP contribution is -2.36. The number of anilines is 1. The molecule has 2 aliphatic heterocycles. The van der Waals surface area contributed by atoms with E-state index in [1.807, 2.05) is 37.7 Å². The highest BCUT2D eigenvalue weighted by Crippen LogP contribution is 2.35. The van der Waals surface area contributed by atoms with Crippen LogP contribution in [0.2, 0.25) is 0 Å². The standard InChI is InChI=1S/C20H22N4O2S3/c1-3-13(2)24-19(26)15(29-20(24)27)12-14-17(22-8-10-28-11-9-22)21-16-6-4-5-7-23(16)18(14)25/h4-7,12-13H,3,8-11H2,1-2H3/b15-12-/t13-/m0/s1. The van der Waals surface area contributed by atoms with Gasteiger partial charge >= 0.3 is 0 Å². The third-order valence-corrected chi connectivity index (χ3v) is 7.46. The number of thiocarbonyl (C=S) groups is 1. The molecular formula is C20H22N4O2S3. The molecule has 2 fully saturated rings. The zero-order valence-electron chi connectivity index (χ0n) is 16.3. The van der Waals surface area contributed by atoms with Crippen LogP contribution >= 0.6 is 35.7 Å². The van der Waals surface area contributed by atoms with Crippen molar-refractivity contribution in [3.8, 4) is 0 Å². The van der Waals surface area contributed by atoms with E-state index in [-0.39, 0.29) is 17.5 Å². The molecule has 0 N–H and O–H groups in total. The lowest BCUT2D eigenvalue weighted by atomic mass is 10.2. The first-order valence-electron chi connectivity index (χ1n) is 9.62. The van der Waals surface area contributed by atoms with Crippen molar-refractivity contribution in [2.75, 3.05) is 29.5 Å². The number of pyridine rings is 1. The number of thioether (sulfide) groups is 2. The Labute approximate surface area is 183 Å². The fraction of sp³-hybridized carbons (Fsp3) is 0.400. The van der Waals surface area contributed by atoms with Gasteiger partial charge in [0, 0.05) is 36.8 Å². The highest BCUT2D eigenvalue weighted by molar-refractivity contribution is 8.26. The number of fused-ring (bicyclic) bond motifs is 1. The fourth-order valence-corrected chi connectivity index (χ4v) is 5.75. The Morgan fingerprint density at radius 2 is 2.03 bits per heavy atom. The fourth-order valence-electron chi connectivity index (χ4n) is 3.41. The molecule has 4 heterocycles. The third-order valence-electron chi connectivity index (χ3n) is 5.19. The number of carbonyl (C=O) groups excluding carboxylic acids is 1. The van der Waals surface area contributed by atoms with Crippen molar-refractivity contribution in [2.45, 2.75) is 26.3 Å². The van der Waals surface area contributed by atoms with Crippen LogP contribution in [-0.4, -0.2) is 55.1 Å². The van der Waals surface area contributed by atoms with Crippen molar-refractivity contribution >= 4 is 63.5 Å². The lowest BCUT2D eigenvalue weighted by molar-refractivity contribution is -0.123. The molecular weight excluding hydrogens is 424 g/mol. The van der Waals surface area contributed by atoms with Crippen LogP contribution in [-0.2, 0) is 4.79 Å². The van der Waals surface area contributed by atoms with Crippen LogP contribution in [0, 0.1) is 0 Å². The molecule has 2 aromatic rings. The van der Waals surface area contributed by atoms with Gasteiger partial charge in [0.05, 0.1) is 10.5 Å². The van der Waals surface area contributed by atoms with Gasteiger partial charge in [-0.3, -0.25) is 18.9 Å². The van der Waals surface area contributed by atoms with Crippen molar-refractivity contribution in [3.05, 3.63) is 45.2 Å². The molecule has 2 aliphatic rings. The minimum atomic E-state index is -0.169. The molecule has 29 heavy (non-hydrogen) atoms. The molecule has 0 aromatic carbocycles. The van der Waals surface area contributed by atoms with E-state index < -0.39 is 0 Å². The normalized spacial score (nSPS) is 20.1. The molecule has 0 saturated carbocycles. The number of hydrogen-bond acceptors (Lipinski definition) is 7. The van der Waals surface area contributed by atoms with Gasteiger partial charge in [-0.1, -0.05) is 37.0 Å². The molecule has 0 unspecified atom stereocenters. The van der Waals surface area contributed by atoms with E-state index >= 15 is 0 Å². The Morgan fingerprint density at radius 1 is 1.28 bits per heavy atom. The molecule has 0 bridgehead atoms. The minimum absolute atomic E-state index is 0.0304. The van der Waals surface area contributed by atoms with Gasteiger partial charge in [0.15, 0.2) is 0 Å². The minimum Gasteiger partial charge on any atom is -0.354 e. The van der Waals surface area contributed by atoms with Crippen LogP contribution in [0.1, 0.15) is 25.8 Å². The summed E-state index contributed by atoms with van der Waals surface area (Å²) in [4.78, 5) is 35.4. The van der Waals surface area contributed by atoms with E-state index in [9.17, 15) is 9.59 Å². The van der Waals surface area contributed by atoms with Crippen LogP contribution in [0.15, 0.2) is 34.1 Å². The Kier molecular flexibility index (Phi) is 5.98. The van der Waals surface area contributed by atoms with Gasteiger partial charge in [0.2, 0.25) is 0 Å². The summed E-state index contributed by atoms with van der Waals surface area (Å²) in [6, 6.07) is 5.53. The Bertz CT molecular complexity index is 1060. The lowest BCUT2D eigenvalue weighted by Gasteiger charge is -2.28. The zero-order valence-corrected chi connectivity index (χ0v) is 18.8. The summed E-state index contributed by atoms with van der Waals surface area (Å²) in [6.45, 7) is 5.67. The van der Waals surface area contributed by atoms with Gasteiger partial charge in [0.25, 0.3) is 11.5 Å². The van der Waals surface area contributed by atoms with Crippen molar-refractivity contribution in [1.82, 2.24) is 14.3 Å². The van der Waals surface area contributed by atoms with Gasteiger partial charge in [-0.05, 0) is 31.6 Å². The average molecular weight is 447 g/mol. The van der Waals surface area contributed by atoms with E-state index in [0.717, 1.165) is 31.0 Å². The van der Waals surface area contributed by atoms with E-state index in [1.165, 1.54) is 16.2 Å². The molecule has 0 radical (unpaired) electrons. The SMILES string of the molecule is CC[C@H](C)N1C(=O)/C(=C/c2c(N3CCSCC3)nc3ccccn3c2=O)SC1=S. The number of hydrogen-bond donors (Lipinski definition) is 0. The van der Waals surface area contributed by atoms with Crippen molar-refractivity contribution < 1.29 is 4.79 Å². The number of amides is 1.